The van der Waals surface area contributed by atoms with Crippen LogP contribution in [0.3, 0.4) is 0 Å². The minimum Gasteiger partial charge on any atom is -0.456 e. The van der Waals surface area contributed by atoms with Crippen molar-refractivity contribution in [2.75, 3.05) is 0 Å². The number of furan rings is 1. The van der Waals surface area contributed by atoms with E-state index in [9.17, 15) is 0 Å². The molecule has 32 heavy (non-hydrogen) atoms. The Morgan fingerprint density at radius 2 is 1.19 bits per heavy atom. The molecule has 0 saturated carbocycles. The number of hydrogen-bond donors (Lipinski definition) is 0. The minimum absolute atomic E-state index is 0.589. The monoisotopic (exact) mass is 433 g/mol. The zero-order valence-corrected chi connectivity index (χ0v) is 17.6. The van der Waals surface area contributed by atoms with Gasteiger partial charge in [-0.05, 0) is 24.3 Å². The van der Waals surface area contributed by atoms with Crippen LogP contribution in [-0.2, 0) is 0 Å². The molecule has 0 spiro atoms. The number of hydrogen-bond acceptors (Lipinski definition) is 4. The SMILES string of the molecule is Clc1ccc2oc3cccc(-c4nc(-c5ccccc5)nc(-c5ccccc5)n4)c3c2c1. The summed E-state index contributed by atoms with van der Waals surface area (Å²) in [5.74, 6) is 1.83. The van der Waals surface area contributed by atoms with Crippen LogP contribution >= 0.6 is 11.6 Å². The molecule has 0 aliphatic carbocycles. The molecule has 2 heterocycles. The molecule has 0 saturated heterocycles. The van der Waals surface area contributed by atoms with Crippen LogP contribution in [0.25, 0.3) is 56.1 Å². The lowest BCUT2D eigenvalue weighted by Crippen LogP contribution is -2.00. The number of benzene rings is 4. The molecular formula is C27H16ClN3O. The summed E-state index contributed by atoms with van der Waals surface area (Å²) in [6, 6.07) is 31.4. The van der Waals surface area contributed by atoms with Gasteiger partial charge in [0.05, 0.1) is 0 Å². The topological polar surface area (TPSA) is 51.8 Å². The van der Waals surface area contributed by atoms with Crippen molar-refractivity contribution >= 4 is 33.5 Å². The summed E-state index contributed by atoms with van der Waals surface area (Å²) in [6.07, 6.45) is 0. The van der Waals surface area contributed by atoms with E-state index >= 15 is 0 Å². The molecule has 0 atom stereocenters. The molecule has 0 amide bonds. The van der Waals surface area contributed by atoms with E-state index in [-0.39, 0.29) is 0 Å². The van der Waals surface area contributed by atoms with Gasteiger partial charge in [-0.2, -0.15) is 0 Å². The van der Waals surface area contributed by atoms with Crippen molar-refractivity contribution in [3.8, 4) is 34.2 Å². The molecule has 0 N–H and O–H groups in total. The van der Waals surface area contributed by atoms with E-state index < -0.39 is 0 Å². The fraction of sp³-hybridized carbons (Fsp3) is 0. The van der Waals surface area contributed by atoms with Gasteiger partial charge >= 0.3 is 0 Å². The highest BCUT2D eigenvalue weighted by Gasteiger charge is 2.17. The third-order valence-corrected chi connectivity index (χ3v) is 5.63. The van der Waals surface area contributed by atoms with E-state index in [1.807, 2.05) is 97.1 Å². The summed E-state index contributed by atoms with van der Waals surface area (Å²) in [7, 11) is 0. The minimum atomic E-state index is 0.589. The largest absolute Gasteiger partial charge is 0.456 e. The Kier molecular flexibility index (Phi) is 4.44. The Bertz CT molecular complexity index is 1520. The molecule has 5 heteroatoms. The third kappa shape index (κ3) is 3.22. The summed E-state index contributed by atoms with van der Waals surface area (Å²) in [5.41, 5.74) is 4.28. The van der Waals surface area contributed by atoms with Crippen LogP contribution in [0.5, 0.6) is 0 Å². The van der Waals surface area contributed by atoms with Crippen LogP contribution in [0.1, 0.15) is 0 Å². The Labute approximate surface area is 189 Å². The first kappa shape index (κ1) is 18.7. The van der Waals surface area contributed by atoms with Gasteiger partial charge in [-0.3, -0.25) is 0 Å². The van der Waals surface area contributed by atoms with Gasteiger partial charge < -0.3 is 4.42 Å². The lowest BCUT2D eigenvalue weighted by atomic mass is 10.1. The van der Waals surface area contributed by atoms with E-state index in [0.717, 1.165) is 38.6 Å². The lowest BCUT2D eigenvalue weighted by Gasteiger charge is -2.09. The van der Waals surface area contributed by atoms with Crippen LogP contribution in [0, 0.1) is 0 Å². The first-order valence-electron chi connectivity index (χ1n) is 10.2. The third-order valence-electron chi connectivity index (χ3n) is 5.40. The van der Waals surface area contributed by atoms with Crippen LogP contribution < -0.4 is 0 Å². The van der Waals surface area contributed by atoms with Gasteiger partial charge in [-0.1, -0.05) is 84.4 Å². The summed E-state index contributed by atoms with van der Waals surface area (Å²) in [5, 5.41) is 2.53. The molecule has 4 aromatic carbocycles. The van der Waals surface area contributed by atoms with Gasteiger partial charge in [0, 0.05) is 32.5 Å². The Morgan fingerprint density at radius 1 is 0.562 bits per heavy atom. The first-order valence-corrected chi connectivity index (χ1v) is 10.6. The number of nitrogens with zero attached hydrogens (tertiary/aromatic N) is 3. The summed E-state index contributed by atoms with van der Waals surface area (Å²) in [6.45, 7) is 0. The Balaban J connectivity index is 1.66. The normalized spacial score (nSPS) is 11.3. The molecule has 6 rings (SSSR count). The first-order chi connectivity index (χ1) is 15.8. The van der Waals surface area contributed by atoms with Crippen molar-refractivity contribution in [1.82, 2.24) is 15.0 Å². The van der Waals surface area contributed by atoms with Gasteiger partial charge in [0.2, 0.25) is 0 Å². The van der Waals surface area contributed by atoms with Gasteiger partial charge in [0.15, 0.2) is 17.5 Å². The van der Waals surface area contributed by atoms with Crippen molar-refractivity contribution in [3.05, 3.63) is 102 Å². The van der Waals surface area contributed by atoms with Crippen molar-refractivity contribution in [2.45, 2.75) is 0 Å². The lowest BCUT2D eigenvalue weighted by molar-refractivity contribution is 0.669. The number of halogens is 1. The molecule has 4 nitrogen and oxygen atoms in total. The molecule has 6 aromatic rings. The summed E-state index contributed by atoms with van der Waals surface area (Å²) < 4.78 is 6.07. The van der Waals surface area contributed by atoms with Crippen LogP contribution in [0.2, 0.25) is 5.02 Å². The second-order valence-corrected chi connectivity index (χ2v) is 7.90. The molecule has 0 aliphatic rings. The maximum atomic E-state index is 6.30. The highest BCUT2D eigenvalue weighted by Crippen LogP contribution is 2.37. The number of aromatic nitrogens is 3. The van der Waals surface area contributed by atoms with Crippen molar-refractivity contribution < 1.29 is 4.42 Å². The molecule has 152 valence electrons. The smallest absolute Gasteiger partial charge is 0.164 e. The van der Waals surface area contributed by atoms with Gasteiger partial charge in [0.25, 0.3) is 0 Å². The summed E-state index contributed by atoms with van der Waals surface area (Å²) >= 11 is 6.30. The van der Waals surface area contributed by atoms with E-state index in [2.05, 4.69) is 0 Å². The van der Waals surface area contributed by atoms with Crippen LogP contribution in [0.4, 0.5) is 0 Å². The van der Waals surface area contributed by atoms with E-state index in [1.54, 1.807) is 0 Å². The highest BCUT2D eigenvalue weighted by atomic mass is 35.5. The summed E-state index contributed by atoms with van der Waals surface area (Å²) in [4.78, 5) is 14.5. The van der Waals surface area contributed by atoms with Crippen LogP contribution in [0.15, 0.2) is 101 Å². The average Bonchev–Trinajstić information content (AvgIpc) is 3.23. The van der Waals surface area contributed by atoms with Crippen molar-refractivity contribution in [3.63, 3.8) is 0 Å². The number of fused-ring (bicyclic) bond motifs is 3. The molecule has 0 radical (unpaired) electrons. The predicted octanol–water partition coefficient (Wildman–Crippen LogP) is 7.43. The van der Waals surface area contributed by atoms with Crippen molar-refractivity contribution in [1.29, 1.82) is 0 Å². The van der Waals surface area contributed by atoms with Gasteiger partial charge in [-0.15, -0.1) is 0 Å². The average molecular weight is 434 g/mol. The second kappa shape index (κ2) is 7.59. The van der Waals surface area contributed by atoms with Crippen molar-refractivity contribution in [2.24, 2.45) is 0 Å². The molecule has 0 fully saturated rings. The molecule has 0 bridgehead atoms. The van der Waals surface area contributed by atoms with Gasteiger partial charge in [0.1, 0.15) is 11.2 Å². The quantitative estimate of drug-likeness (QED) is 0.291. The predicted molar refractivity (Wildman–Crippen MR) is 128 cm³/mol. The molecule has 0 aliphatic heterocycles. The van der Waals surface area contributed by atoms with E-state index in [4.69, 9.17) is 31.0 Å². The molecule has 0 unspecified atom stereocenters. The zero-order chi connectivity index (χ0) is 21.5. The fourth-order valence-electron chi connectivity index (χ4n) is 3.91. The number of rotatable bonds is 3. The van der Waals surface area contributed by atoms with Crippen LogP contribution in [-0.4, -0.2) is 15.0 Å². The maximum absolute atomic E-state index is 6.30. The van der Waals surface area contributed by atoms with E-state index in [1.165, 1.54) is 0 Å². The van der Waals surface area contributed by atoms with Gasteiger partial charge in [-0.25, -0.2) is 15.0 Å². The Hall–Kier alpha value is -4.02. The Morgan fingerprint density at radius 3 is 1.84 bits per heavy atom. The molecule has 2 aromatic heterocycles. The van der Waals surface area contributed by atoms with E-state index in [0.29, 0.717) is 22.5 Å². The fourth-order valence-corrected chi connectivity index (χ4v) is 4.09. The maximum Gasteiger partial charge on any atom is 0.164 e. The zero-order valence-electron chi connectivity index (χ0n) is 16.9. The standard InChI is InChI=1S/C27H16ClN3O/c28-19-14-15-22-21(16-19)24-20(12-7-13-23(24)32-22)27-30-25(17-8-3-1-4-9-17)29-26(31-27)18-10-5-2-6-11-18/h1-16H. The molecular weight excluding hydrogens is 418 g/mol. The highest BCUT2D eigenvalue weighted by molar-refractivity contribution is 6.32. The second-order valence-electron chi connectivity index (χ2n) is 7.46.